The summed E-state index contributed by atoms with van der Waals surface area (Å²) in [5, 5.41) is 3.76. The van der Waals surface area contributed by atoms with E-state index in [2.05, 4.69) is 15.2 Å². The molecule has 0 spiro atoms. The van der Waals surface area contributed by atoms with E-state index in [0.29, 0.717) is 18.2 Å². The van der Waals surface area contributed by atoms with Crippen LogP contribution in [0.3, 0.4) is 0 Å². The minimum absolute atomic E-state index is 0. The molecule has 2 aliphatic carbocycles. The van der Waals surface area contributed by atoms with E-state index >= 15 is 0 Å². The number of halogens is 1. The van der Waals surface area contributed by atoms with Crippen LogP contribution in [0.5, 0.6) is 0 Å². The van der Waals surface area contributed by atoms with Crippen LogP contribution >= 0.6 is 24.0 Å². The number of nitrogens with one attached hydrogen (secondary N) is 1. The molecular formula is C21H38IN3O2. The zero-order valence-corrected chi connectivity index (χ0v) is 19.2. The molecule has 4 aliphatic rings. The molecule has 2 heterocycles. The fraction of sp³-hybridized carbons (Fsp3) is 0.952. The number of guanidine groups is 1. The van der Waals surface area contributed by atoms with Gasteiger partial charge in [-0.15, -0.1) is 24.0 Å². The highest BCUT2D eigenvalue weighted by Crippen LogP contribution is 2.44. The summed E-state index contributed by atoms with van der Waals surface area (Å²) in [5.74, 6) is 2.99. The van der Waals surface area contributed by atoms with Crippen molar-refractivity contribution in [2.45, 2.75) is 82.5 Å². The Kier molecular flexibility index (Phi) is 8.51. The number of rotatable bonds is 5. The van der Waals surface area contributed by atoms with Gasteiger partial charge in [0.1, 0.15) is 0 Å². The van der Waals surface area contributed by atoms with Crippen molar-refractivity contribution in [3.63, 3.8) is 0 Å². The third-order valence-corrected chi connectivity index (χ3v) is 6.90. The van der Waals surface area contributed by atoms with E-state index in [0.717, 1.165) is 56.9 Å². The van der Waals surface area contributed by atoms with Crippen molar-refractivity contribution in [3.05, 3.63) is 0 Å². The van der Waals surface area contributed by atoms with Crippen molar-refractivity contribution in [2.24, 2.45) is 16.8 Å². The van der Waals surface area contributed by atoms with Crippen LogP contribution in [-0.2, 0) is 9.47 Å². The molecule has 156 valence electrons. The van der Waals surface area contributed by atoms with Crippen LogP contribution in [0.1, 0.15) is 64.2 Å². The second-order valence-corrected chi connectivity index (χ2v) is 8.75. The Morgan fingerprint density at radius 2 is 1.85 bits per heavy atom. The standard InChI is InChI=1S/C21H37N3O2.HI/c1-22-21(23-20-14-19(20)16-6-3-2-4-7-16)24-11-9-17(10-12-24)26-15-18-8-5-13-25-18;/h16-20H,2-15H2,1H3,(H,22,23);1H. The predicted octanol–water partition coefficient (Wildman–Crippen LogP) is 3.81. The summed E-state index contributed by atoms with van der Waals surface area (Å²) >= 11 is 0. The van der Waals surface area contributed by atoms with Crippen molar-refractivity contribution in [2.75, 3.05) is 33.4 Å². The van der Waals surface area contributed by atoms with Gasteiger partial charge >= 0.3 is 0 Å². The lowest BCUT2D eigenvalue weighted by atomic mass is 9.85. The molecule has 3 atom stereocenters. The second-order valence-electron chi connectivity index (χ2n) is 8.75. The smallest absolute Gasteiger partial charge is 0.193 e. The van der Waals surface area contributed by atoms with Gasteiger partial charge in [-0.25, -0.2) is 0 Å². The molecule has 27 heavy (non-hydrogen) atoms. The van der Waals surface area contributed by atoms with E-state index in [9.17, 15) is 0 Å². The SMILES string of the molecule is CN=C(NC1CC1C1CCCCC1)N1CCC(OCC2CCCO2)CC1.I. The van der Waals surface area contributed by atoms with Crippen LogP contribution in [0.2, 0.25) is 0 Å². The second kappa shape index (κ2) is 10.6. The van der Waals surface area contributed by atoms with Crippen molar-refractivity contribution in [1.82, 2.24) is 10.2 Å². The molecule has 2 saturated heterocycles. The maximum atomic E-state index is 6.11. The van der Waals surface area contributed by atoms with Gasteiger partial charge in [-0.3, -0.25) is 4.99 Å². The van der Waals surface area contributed by atoms with E-state index in [-0.39, 0.29) is 24.0 Å². The van der Waals surface area contributed by atoms with Gasteiger partial charge in [-0.1, -0.05) is 32.1 Å². The normalized spacial score (nSPS) is 33.0. The van der Waals surface area contributed by atoms with Crippen LogP contribution < -0.4 is 5.32 Å². The van der Waals surface area contributed by atoms with Gasteiger partial charge in [0.05, 0.1) is 18.8 Å². The summed E-state index contributed by atoms with van der Waals surface area (Å²) in [4.78, 5) is 7.01. The molecule has 0 radical (unpaired) electrons. The first-order valence-corrected chi connectivity index (χ1v) is 11.0. The fourth-order valence-electron chi connectivity index (χ4n) is 5.18. The van der Waals surface area contributed by atoms with Gasteiger partial charge in [0.25, 0.3) is 0 Å². The van der Waals surface area contributed by atoms with Gasteiger partial charge in [0.15, 0.2) is 5.96 Å². The summed E-state index contributed by atoms with van der Waals surface area (Å²) in [6.07, 6.45) is 13.9. The summed E-state index contributed by atoms with van der Waals surface area (Å²) in [6.45, 7) is 3.80. The maximum absolute atomic E-state index is 6.11. The van der Waals surface area contributed by atoms with E-state index in [1.807, 2.05) is 7.05 Å². The topological polar surface area (TPSA) is 46.1 Å². The number of hydrogen-bond acceptors (Lipinski definition) is 3. The summed E-state index contributed by atoms with van der Waals surface area (Å²) < 4.78 is 11.8. The minimum atomic E-state index is 0. The Balaban J connectivity index is 0.00000210. The van der Waals surface area contributed by atoms with Crippen LogP contribution in [0.15, 0.2) is 4.99 Å². The number of nitrogens with zero attached hydrogens (tertiary/aromatic N) is 2. The van der Waals surface area contributed by atoms with E-state index < -0.39 is 0 Å². The van der Waals surface area contributed by atoms with E-state index in [1.165, 1.54) is 51.4 Å². The van der Waals surface area contributed by atoms with Gasteiger partial charge in [0.2, 0.25) is 0 Å². The average Bonchev–Trinajstić information content (AvgIpc) is 3.27. The molecule has 4 fully saturated rings. The molecule has 1 N–H and O–H groups in total. The minimum Gasteiger partial charge on any atom is -0.376 e. The fourth-order valence-corrected chi connectivity index (χ4v) is 5.18. The average molecular weight is 491 g/mol. The van der Waals surface area contributed by atoms with Gasteiger partial charge in [-0.2, -0.15) is 0 Å². The number of ether oxygens (including phenoxy) is 2. The van der Waals surface area contributed by atoms with Crippen molar-refractivity contribution in [3.8, 4) is 0 Å². The number of piperidine rings is 1. The molecule has 5 nitrogen and oxygen atoms in total. The zero-order chi connectivity index (χ0) is 17.8. The van der Waals surface area contributed by atoms with Gasteiger partial charge in [0, 0.05) is 32.8 Å². The molecule has 4 rings (SSSR count). The Morgan fingerprint density at radius 3 is 2.52 bits per heavy atom. The lowest BCUT2D eigenvalue weighted by Gasteiger charge is -2.34. The van der Waals surface area contributed by atoms with Crippen molar-refractivity contribution >= 4 is 29.9 Å². The predicted molar refractivity (Wildman–Crippen MR) is 120 cm³/mol. The molecule has 0 aromatic rings. The van der Waals surface area contributed by atoms with Crippen LogP contribution in [0.25, 0.3) is 0 Å². The Labute approximate surface area is 182 Å². The van der Waals surface area contributed by atoms with E-state index in [1.54, 1.807) is 0 Å². The van der Waals surface area contributed by atoms with Crippen LogP contribution in [0.4, 0.5) is 0 Å². The molecule has 0 amide bonds. The molecule has 0 aromatic heterocycles. The highest BCUT2D eigenvalue weighted by Gasteiger charge is 2.44. The monoisotopic (exact) mass is 491 g/mol. The Hall–Kier alpha value is -0.0800. The largest absolute Gasteiger partial charge is 0.376 e. The van der Waals surface area contributed by atoms with E-state index in [4.69, 9.17) is 9.47 Å². The maximum Gasteiger partial charge on any atom is 0.193 e. The Morgan fingerprint density at radius 1 is 1.07 bits per heavy atom. The van der Waals surface area contributed by atoms with Gasteiger partial charge < -0.3 is 19.7 Å². The zero-order valence-electron chi connectivity index (χ0n) is 16.9. The van der Waals surface area contributed by atoms with Gasteiger partial charge in [-0.05, 0) is 43.9 Å². The number of likely N-dealkylation sites (tertiary alicyclic amines) is 1. The first-order chi connectivity index (χ1) is 12.8. The summed E-state index contributed by atoms with van der Waals surface area (Å²) in [5.41, 5.74) is 0. The third kappa shape index (κ3) is 5.95. The lowest BCUT2D eigenvalue weighted by molar-refractivity contribution is -0.0367. The highest BCUT2D eigenvalue weighted by atomic mass is 127. The number of hydrogen-bond donors (Lipinski definition) is 1. The molecule has 6 heteroatoms. The highest BCUT2D eigenvalue weighted by molar-refractivity contribution is 14.0. The Bertz CT molecular complexity index is 470. The number of aliphatic imine (C=N–C) groups is 1. The molecule has 0 bridgehead atoms. The molecule has 0 aromatic carbocycles. The molecule has 2 saturated carbocycles. The third-order valence-electron chi connectivity index (χ3n) is 6.90. The quantitative estimate of drug-likeness (QED) is 0.361. The molecular weight excluding hydrogens is 453 g/mol. The first kappa shape index (κ1) is 21.6. The van der Waals surface area contributed by atoms with Crippen molar-refractivity contribution in [1.29, 1.82) is 0 Å². The summed E-state index contributed by atoms with van der Waals surface area (Å²) in [6, 6.07) is 0.672. The first-order valence-electron chi connectivity index (χ1n) is 11.0. The van der Waals surface area contributed by atoms with Crippen LogP contribution in [0, 0.1) is 11.8 Å². The molecule has 3 unspecified atom stereocenters. The van der Waals surface area contributed by atoms with Crippen LogP contribution in [-0.4, -0.2) is 62.5 Å². The lowest BCUT2D eigenvalue weighted by Crippen LogP contribution is -2.48. The van der Waals surface area contributed by atoms with Crippen molar-refractivity contribution < 1.29 is 9.47 Å². The molecule has 2 aliphatic heterocycles. The summed E-state index contributed by atoms with van der Waals surface area (Å²) in [7, 11) is 1.93.